The molecule has 1 aromatic rings. The molecule has 4 nitrogen and oxygen atoms in total. The fraction of sp³-hybridized carbons (Fsp3) is 0.692. The summed E-state index contributed by atoms with van der Waals surface area (Å²) >= 11 is 1.60. The highest BCUT2D eigenvalue weighted by Crippen LogP contribution is 2.16. The van der Waals surface area contributed by atoms with E-state index in [9.17, 15) is 8.42 Å². The van der Waals surface area contributed by atoms with Crippen LogP contribution in [0.5, 0.6) is 0 Å². The largest absolute Gasteiger partial charge is 0.314 e. The van der Waals surface area contributed by atoms with Gasteiger partial charge in [0.1, 0.15) is 0 Å². The zero-order chi connectivity index (χ0) is 13.7. The second-order valence-electron chi connectivity index (χ2n) is 5.09. The SMILES string of the molecule is CN(Cc1cccs1)S(=O)(=O)CCC1CCCCN1. The first kappa shape index (κ1) is 15.0. The molecule has 1 unspecified atom stereocenters. The van der Waals surface area contributed by atoms with Gasteiger partial charge in [-0.3, -0.25) is 0 Å². The van der Waals surface area contributed by atoms with Gasteiger partial charge in [0.15, 0.2) is 0 Å². The van der Waals surface area contributed by atoms with Gasteiger partial charge in [0.05, 0.1) is 5.75 Å². The lowest BCUT2D eigenvalue weighted by atomic mass is 10.0. The number of thiophene rings is 1. The fourth-order valence-electron chi connectivity index (χ4n) is 2.34. The van der Waals surface area contributed by atoms with E-state index < -0.39 is 10.0 Å². The average molecular weight is 302 g/mol. The summed E-state index contributed by atoms with van der Waals surface area (Å²) in [6, 6.07) is 4.30. The minimum atomic E-state index is -3.14. The lowest BCUT2D eigenvalue weighted by Crippen LogP contribution is -2.37. The highest BCUT2D eigenvalue weighted by Gasteiger charge is 2.21. The maximum absolute atomic E-state index is 12.2. The Morgan fingerprint density at radius 2 is 2.32 bits per heavy atom. The summed E-state index contributed by atoms with van der Waals surface area (Å²) in [4.78, 5) is 1.09. The molecule has 0 saturated carbocycles. The molecule has 0 bridgehead atoms. The molecule has 108 valence electrons. The standard InChI is InChI=1S/C13H22N2O2S2/c1-15(11-13-6-4-9-18-13)19(16,17)10-7-12-5-2-3-8-14-12/h4,6,9,12,14H,2-3,5,7-8,10-11H2,1H3. The van der Waals surface area contributed by atoms with Crippen molar-refractivity contribution < 1.29 is 8.42 Å². The third kappa shape index (κ3) is 4.56. The molecule has 1 atom stereocenters. The fourth-order valence-corrected chi connectivity index (χ4v) is 4.41. The zero-order valence-corrected chi connectivity index (χ0v) is 13.0. The van der Waals surface area contributed by atoms with Gasteiger partial charge in [0.2, 0.25) is 10.0 Å². The quantitative estimate of drug-likeness (QED) is 0.875. The van der Waals surface area contributed by atoms with Crippen molar-refractivity contribution in [2.24, 2.45) is 0 Å². The molecule has 1 aliphatic heterocycles. The molecule has 0 aromatic carbocycles. The van der Waals surface area contributed by atoms with Gasteiger partial charge in [0, 0.05) is 24.5 Å². The molecular weight excluding hydrogens is 280 g/mol. The van der Waals surface area contributed by atoms with Crippen molar-refractivity contribution in [2.75, 3.05) is 19.3 Å². The van der Waals surface area contributed by atoms with E-state index in [-0.39, 0.29) is 5.75 Å². The van der Waals surface area contributed by atoms with Crippen molar-refractivity contribution in [3.63, 3.8) is 0 Å². The van der Waals surface area contributed by atoms with Crippen LogP contribution in [0.25, 0.3) is 0 Å². The van der Waals surface area contributed by atoms with Crippen LogP contribution >= 0.6 is 11.3 Å². The summed E-state index contributed by atoms with van der Waals surface area (Å²) in [5.74, 6) is 0.243. The zero-order valence-electron chi connectivity index (χ0n) is 11.3. The van der Waals surface area contributed by atoms with Crippen molar-refractivity contribution >= 4 is 21.4 Å². The molecule has 1 aromatic heterocycles. The van der Waals surface area contributed by atoms with Crippen LogP contribution in [0.1, 0.15) is 30.6 Å². The van der Waals surface area contributed by atoms with Crippen molar-refractivity contribution in [3.8, 4) is 0 Å². The summed E-state index contributed by atoms with van der Waals surface area (Å²) in [6.45, 7) is 1.51. The van der Waals surface area contributed by atoms with E-state index in [0.717, 1.165) is 24.3 Å². The van der Waals surface area contributed by atoms with Crippen LogP contribution in [-0.4, -0.2) is 38.1 Å². The van der Waals surface area contributed by atoms with E-state index in [0.29, 0.717) is 12.6 Å². The van der Waals surface area contributed by atoms with E-state index in [2.05, 4.69) is 5.32 Å². The molecular formula is C13H22N2O2S2. The van der Waals surface area contributed by atoms with Gasteiger partial charge >= 0.3 is 0 Å². The number of hydrogen-bond donors (Lipinski definition) is 1. The number of hydrogen-bond acceptors (Lipinski definition) is 4. The van der Waals surface area contributed by atoms with Crippen LogP contribution < -0.4 is 5.32 Å². The highest BCUT2D eigenvalue weighted by molar-refractivity contribution is 7.89. The van der Waals surface area contributed by atoms with Crippen LogP contribution in [0.4, 0.5) is 0 Å². The van der Waals surface area contributed by atoms with Gasteiger partial charge < -0.3 is 5.32 Å². The lowest BCUT2D eigenvalue weighted by molar-refractivity contribution is 0.388. The summed E-state index contributed by atoms with van der Waals surface area (Å²) in [6.07, 6.45) is 4.24. The van der Waals surface area contributed by atoms with Gasteiger partial charge in [0.25, 0.3) is 0 Å². The summed E-state index contributed by atoms with van der Waals surface area (Å²) in [5, 5.41) is 5.37. The molecule has 1 saturated heterocycles. The first-order chi connectivity index (χ1) is 9.08. The Bertz CT molecular complexity index is 465. The molecule has 2 rings (SSSR count). The third-order valence-electron chi connectivity index (χ3n) is 3.57. The first-order valence-corrected chi connectivity index (χ1v) is 9.26. The minimum absolute atomic E-state index is 0.243. The van der Waals surface area contributed by atoms with Crippen LogP contribution in [0.3, 0.4) is 0 Å². The third-order valence-corrected chi connectivity index (χ3v) is 6.26. The number of rotatable bonds is 6. The maximum Gasteiger partial charge on any atom is 0.214 e. The van der Waals surface area contributed by atoms with Crippen LogP contribution in [0.15, 0.2) is 17.5 Å². The average Bonchev–Trinajstić information content (AvgIpc) is 2.90. The van der Waals surface area contributed by atoms with Crippen molar-refractivity contribution in [1.29, 1.82) is 0 Å². The monoisotopic (exact) mass is 302 g/mol. The second kappa shape index (κ2) is 6.83. The smallest absolute Gasteiger partial charge is 0.214 e. The lowest BCUT2D eigenvalue weighted by Gasteiger charge is -2.24. The first-order valence-electron chi connectivity index (χ1n) is 6.78. The Balaban J connectivity index is 1.83. The number of nitrogens with one attached hydrogen (secondary N) is 1. The Morgan fingerprint density at radius 3 is 2.95 bits per heavy atom. The molecule has 0 amide bonds. The molecule has 0 radical (unpaired) electrons. The Kier molecular flexibility index (Phi) is 5.38. The Hall–Kier alpha value is -0.430. The van der Waals surface area contributed by atoms with E-state index in [1.165, 1.54) is 17.1 Å². The number of piperidine rings is 1. The van der Waals surface area contributed by atoms with Crippen molar-refractivity contribution in [3.05, 3.63) is 22.4 Å². The van der Waals surface area contributed by atoms with Crippen LogP contribution in [0, 0.1) is 0 Å². The van der Waals surface area contributed by atoms with Gasteiger partial charge in [-0.25, -0.2) is 8.42 Å². The summed E-state index contributed by atoms with van der Waals surface area (Å²) < 4.78 is 25.9. The van der Waals surface area contributed by atoms with Gasteiger partial charge in [-0.2, -0.15) is 4.31 Å². The van der Waals surface area contributed by atoms with Crippen LogP contribution in [-0.2, 0) is 16.6 Å². The van der Waals surface area contributed by atoms with Crippen molar-refractivity contribution in [1.82, 2.24) is 9.62 Å². The van der Waals surface area contributed by atoms with Gasteiger partial charge in [-0.15, -0.1) is 11.3 Å². The van der Waals surface area contributed by atoms with E-state index in [1.807, 2.05) is 17.5 Å². The van der Waals surface area contributed by atoms with Gasteiger partial charge in [-0.1, -0.05) is 12.5 Å². The molecule has 1 fully saturated rings. The number of sulfonamides is 1. The van der Waals surface area contributed by atoms with E-state index in [1.54, 1.807) is 18.4 Å². The molecule has 1 N–H and O–H groups in total. The minimum Gasteiger partial charge on any atom is -0.314 e. The molecule has 1 aliphatic rings. The maximum atomic E-state index is 12.2. The number of nitrogens with zero attached hydrogens (tertiary/aromatic N) is 1. The Labute approximate surface area is 119 Å². The predicted octanol–water partition coefficient (Wildman–Crippen LogP) is 2.04. The summed E-state index contributed by atoms with van der Waals surface area (Å²) in [7, 11) is -1.47. The molecule has 2 heterocycles. The Morgan fingerprint density at radius 1 is 1.47 bits per heavy atom. The van der Waals surface area contributed by atoms with E-state index >= 15 is 0 Å². The molecule has 0 spiro atoms. The van der Waals surface area contributed by atoms with E-state index in [4.69, 9.17) is 0 Å². The molecule has 0 aliphatic carbocycles. The summed E-state index contributed by atoms with van der Waals surface area (Å²) in [5.41, 5.74) is 0. The topological polar surface area (TPSA) is 49.4 Å². The normalized spacial score (nSPS) is 20.8. The van der Waals surface area contributed by atoms with Crippen LogP contribution in [0.2, 0.25) is 0 Å². The molecule has 6 heteroatoms. The van der Waals surface area contributed by atoms with Gasteiger partial charge in [-0.05, 0) is 37.3 Å². The second-order valence-corrected chi connectivity index (χ2v) is 8.31. The highest BCUT2D eigenvalue weighted by atomic mass is 32.2. The predicted molar refractivity (Wildman–Crippen MR) is 79.8 cm³/mol. The molecule has 19 heavy (non-hydrogen) atoms. The van der Waals surface area contributed by atoms with Crippen molar-refractivity contribution in [2.45, 2.75) is 38.3 Å².